The zero-order valence-corrected chi connectivity index (χ0v) is 18.3. The summed E-state index contributed by atoms with van der Waals surface area (Å²) in [7, 11) is 1.47. The highest BCUT2D eigenvalue weighted by molar-refractivity contribution is 6.20. The summed E-state index contributed by atoms with van der Waals surface area (Å²) in [5.41, 5.74) is -1.34. The van der Waals surface area contributed by atoms with Crippen LogP contribution in [-0.4, -0.2) is 66.2 Å². The number of ether oxygens (including phenoxy) is 2. The van der Waals surface area contributed by atoms with E-state index >= 15 is 0 Å². The highest BCUT2D eigenvalue weighted by Crippen LogP contribution is 2.35. The standard InChI is InChI=1S/C22H28N2O7/c1-21(2,3)30-20(28)23-12-7-10-22(11-13-23,14-29-4)19(27)31-24-17(25)15-8-5-6-9-16(15)18(24)26/h5-6,8-9H,7,10-14H2,1-4H3. The van der Waals surface area contributed by atoms with Crippen LogP contribution >= 0.6 is 0 Å². The molecule has 0 N–H and O–H groups in total. The molecule has 1 atom stereocenters. The molecule has 0 aliphatic carbocycles. The molecule has 1 saturated heterocycles. The Kier molecular flexibility index (Phi) is 6.35. The van der Waals surface area contributed by atoms with Gasteiger partial charge < -0.3 is 19.2 Å². The van der Waals surface area contributed by atoms with Crippen LogP contribution in [0.2, 0.25) is 0 Å². The molecule has 0 saturated carbocycles. The van der Waals surface area contributed by atoms with Crippen molar-refractivity contribution in [3.05, 3.63) is 35.4 Å². The maximum atomic E-state index is 13.2. The molecule has 0 radical (unpaired) electrons. The number of fused-ring (bicyclic) bond motifs is 1. The van der Waals surface area contributed by atoms with Crippen LogP contribution in [0, 0.1) is 5.41 Å². The zero-order chi connectivity index (χ0) is 22.8. The third-order valence-corrected chi connectivity index (χ3v) is 5.38. The van der Waals surface area contributed by atoms with Gasteiger partial charge in [-0.25, -0.2) is 9.59 Å². The largest absolute Gasteiger partial charge is 0.444 e. The van der Waals surface area contributed by atoms with E-state index in [4.69, 9.17) is 14.3 Å². The number of imide groups is 1. The molecular formula is C22H28N2O7. The van der Waals surface area contributed by atoms with Crippen LogP contribution in [0.1, 0.15) is 60.7 Å². The molecule has 0 bridgehead atoms. The molecule has 3 amide bonds. The Morgan fingerprint density at radius 3 is 2.19 bits per heavy atom. The second-order valence-electron chi connectivity index (χ2n) is 8.86. The van der Waals surface area contributed by atoms with Crippen molar-refractivity contribution in [3.8, 4) is 0 Å². The highest BCUT2D eigenvalue weighted by atomic mass is 16.7. The van der Waals surface area contributed by atoms with Gasteiger partial charge in [-0.2, -0.15) is 0 Å². The van der Waals surface area contributed by atoms with Gasteiger partial charge in [0.25, 0.3) is 11.8 Å². The lowest BCUT2D eigenvalue weighted by atomic mass is 9.81. The first-order valence-electron chi connectivity index (χ1n) is 10.2. The summed E-state index contributed by atoms with van der Waals surface area (Å²) in [5, 5.41) is 0.515. The molecule has 3 rings (SSSR count). The number of rotatable bonds is 4. The van der Waals surface area contributed by atoms with E-state index in [1.807, 2.05) is 0 Å². The average molecular weight is 432 g/mol. The van der Waals surface area contributed by atoms with Crippen molar-refractivity contribution in [2.24, 2.45) is 5.41 Å². The van der Waals surface area contributed by atoms with Crippen molar-refractivity contribution in [1.82, 2.24) is 9.96 Å². The highest BCUT2D eigenvalue weighted by Gasteiger charge is 2.47. The number of methoxy groups -OCH3 is 1. The van der Waals surface area contributed by atoms with Gasteiger partial charge in [-0.1, -0.05) is 17.2 Å². The van der Waals surface area contributed by atoms with Crippen molar-refractivity contribution < 1.29 is 33.5 Å². The van der Waals surface area contributed by atoms with Crippen molar-refractivity contribution in [1.29, 1.82) is 0 Å². The number of likely N-dealkylation sites (tertiary alicyclic amines) is 1. The summed E-state index contributed by atoms with van der Waals surface area (Å²) in [5.74, 6) is -2.08. The van der Waals surface area contributed by atoms with E-state index in [2.05, 4.69) is 0 Å². The first kappa shape index (κ1) is 22.7. The van der Waals surface area contributed by atoms with E-state index in [9.17, 15) is 19.2 Å². The molecule has 0 spiro atoms. The number of benzene rings is 1. The van der Waals surface area contributed by atoms with E-state index in [1.54, 1.807) is 37.8 Å². The number of hydrogen-bond acceptors (Lipinski definition) is 7. The monoisotopic (exact) mass is 432 g/mol. The molecule has 1 aromatic rings. The van der Waals surface area contributed by atoms with Gasteiger partial charge in [0.05, 0.1) is 23.1 Å². The van der Waals surface area contributed by atoms with E-state index in [1.165, 1.54) is 19.2 Å². The normalized spacial score (nSPS) is 21.5. The average Bonchev–Trinajstić information content (AvgIpc) is 2.86. The Hall–Kier alpha value is -2.94. The molecule has 1 unspecified atom stereocenters. The molecule has 2 aliphatic rings. The van der Waals surface area contributed by atoms with Gasteiger partial charge in [0.2, 0.25) is 0 Å². The van der Waals surface area contributed by atoms with Crippen molar-refractivity contribution >= 4 is 23.9 Å². The molecule has 168 valence electrons. The minimum absolute atomic E-state index is 0.0389. The zero-order valence-electron chi connectivity index (χ0n) is 18.3. The first-order chi connectivity index (χ1) is 14.6. The van der Waals surface area contributed by atoms with Crippen molar-refractivity contribution in [2.75, 3.05) is 26.8 Å². The molecule has 1 aromatic carbocycles. The maximum absolute atomic E-state index is 13.2. The molecule has 31 heavy (non-hydrogen) atoms. The lowest BCUT2D eigenvalue weighted by molar-refractivity contribution is -0.185. The number of amides is 3. The van der Waals surface area contributed by atoms with Gasteiger partial charge in [0.15, 0.2) is 0 Å². The van der Waals surface area contributed by atoms with Crippen LogP contribution in [0.15, 0.2) is 24.3 Å². The third kappa shape index (κ3) is 4.71. The van der Waals surface area contributed by atoms with E-state index < -0.39 is 34.9 Å². The smallest absolute Gasteiger partial charge is 0.410 e. The van der Waals surface area contributed by atoms with Crippen LogP contribution in [0.3, 0.4) is 0 Å². The predicted octanol–water partition coefficient (Wildman–Crippen LogP) is 2.79. The number of carbonyl (C=O) groups is 4. The molecule has 1 fully saturated rings. The molecule has 9 nitrogen and oxygen atoms in total. The lowest BCUT2D eigenvalue weighted by Crippen LogP contribution is -2.44. The SMILES string of the molecule is COCC1(C(=O)ON2C(=O)c3ccccc3C2=O)CCCN(C(=O)OC(C)(C)C)CC1. The van der Waals surface area contributed by atoms with E-state index in [-0.39, 0.29) is 30.7 Å². The molecule has 2 aliphatic heterocycles. The van der Waals surface area contributed by atoms with Crippen LogP contribution in [0.4, 0.5) is 4.79 Å². The molecular weight excluding hydrogens is 404 g/mol. The quantitative estimate of drug-likeness (QED) is 0.674. The van der Waals surface area contributed by atoms with Gasteiger partial charge >= 0.3 is 12.1 Å². The summed E-state index contributed by atoms with van der Waals surface area (Å²) in [6.07, 6.45) is 0.693. The summed E-state index contributed by atoms with van der Waals surface area (Å²) in [6, 6.07) is 6.30. The van der Waals surface area contributed by atoms with Gasteiger partial charge in [-0.05, 0) is 52.2 Å². The number of carbonyl (C=O) groups excluding carboxylic acids is 4. The van der Waals surface area contributed by atoms with Crippen molar-refractivity contribution in [2.45, 2.75) is 45.6 Å². The fraction of sp³-hybridized carbons (Fsp3) is 0.545. The fourth-order valence-corrected chi connectivity index (χ4v) is 3.82. The second-order valence-corrected chi connectivity index (χ2v) is 8.86. The topological polar surface area (TPSA) is 102 Å². The molecule has 0 aromatic heterocycles. The summed E-state index contributed by atoms with van der Waals surface area (Å²) in [6.45, 7) is 6.08. The minimum atomic E-state index is -1.10. The summed E-state index contributed by atoms with van der Waals surface area (Å²) in [4.78, 5) is 57.6. The summed E-state index contributed by atoms with van der Waals surface area (Å²) >= 11 is 0. The van der Waals surface area contributed by atoms with Crippen LogP contribution < -0.4 is 0 Å². The van der Waals surface area contributed by atoms with Gasteiger partial charge in [-0.3, -0.25) is 9.59 Å². The summed E-state index contributed by atoms with van der Waals surface area (Å²) < 4.78 is 10.7. The Morgan fingerprint density at radius 2 is 1.65 bits per heavy atom. The van der Waals surface area contributed by atoms with Gasteiger partial charge in [0, 0.05) is 20.2 Å². The van der Waals surface area contributed by atoms with Crippen LogP contribution in [-0.2, 0) is 19.1 Å². The molecule has 2 heterocycles. The van der Waals surface area contributed by atoms with Gasteiger partial charge in [0.1, 0.15) is 5.60 Å². The number of nitrogens with zero attached hydrogens (tertiary/aromatic N) is 2. The Bertz CT molecular complexity index is 857. The van der Waals surface area contributed by atoms with Crippen LogP contribution in [0.5, 0.6) is 0 Å². The van der Waals surface area contributed by atoms with E-state index in [0.717, 1.165) is 0 Å². The van der Waals surface area contributed by atoms with Crippen LogP contribution in [0.25, 0.3) is 0 Å². The second kappa shape index (κ2) is 8.66. The number of hydrogen-bond donors (Lipinski definition) is 0. The van der Waals surface area contributed by atoms with E-state index in [0.29, 0.717) is 24.4 Å². The Balaban J connectivity index is 1.74. The Labute approximate surface area is 181 Å². The van der Waals surface area contributed by atoms with Crippen molar-refractivity contribution in [3.63, 3.8) is 0 Å². The maximum Gasteiger partial charge on any atom is 0.410 e. The molecule has 9 heteroatoms. The fourth-order valence-electron chi connectivity index (χ4n) is 3.82. The lowest BCUT2D eigenvalue weighted by Gasteiger charge is -2.30. The predicted molar refractivity (Wildman–Crippen MR) is 109 cm³/mol. The Morgan fingerprint density at radius 1 is 1.03 bits per heavy atom. The number of hydroxylamine groups is 2. The third-order valence-electron chi connectivity index (χ3n) is 5.38. The minimum Gasteiger partial charge on any atom is -0.444 e. The first-order valence-corrected chi connectivity index (χ1v) is 10.2. The van der Waals surface area contributed by atoms with Gasteiger partial charge in [-0.15, -0.1) is 0 Å².